The number of amides is 4. The summed E-state index contributed by atoms with van der Waals surface area (Å²) in [7, 11) is 0. The zero-order valence-corrected chi connectivity index (χ0v) is 15.8. The minimum Gasteiger partial charge on any atom is -0.356 e. The molecule has 1 saturated heterocycles. The number of nitrogens with zero attached hydrogens (tertiary/aromatic N) is 2. The first-order valence-electron chi connectivity index (χ1n) is 9.33. The predicted molar refractivity (Wildman–Crippen MR) is 103 cm³/mol. The van der Waals surface area contributed by atoms with Crippen LogP contribution in [0, 0.1) is 0 Å². The number of rotatable bonds is 8. The minimum absolute atomic E-state index is 0.0568. The van der Waals surface area contributed by atoms with Crippen LogP contribution in [0.3, 0.4) is 0 Å². The van der Waals surface area contributed by atoms with E-state index in [0.717, 1.165) is 13.0 Å². The number of nitrogens with one attached hydrogen (secondary N) is 2. The lowest BCUT2D eigenvalue weighted by Crippen LogP contribution is -2.40. The number of aryl methyl sites for hydroxylation is 1. The van der Waals surface area contributed by atoms with Gasteiger partial charge in [0.25, 0.3) is 5.91 Å². The Kier molecular flexibility index (Phi) is 5.48. The van der Waals surface area contributed by atoms with E-state index in [0.29, 0.717) is 19.4 Å². The van der Waals surface area contributed by atoms with Crippen molar-refractivity contribution in [3.63, 3.8) is 0 Å². The summed E-state index contributed by atoms with van der Waals surface area (Å²) >= 11 is 0. The highest BCUT2D eigenvalue weighted by molar-refractivity contribution is 6.06. The lowest BCUT2D eigenvalue weighted by atomic mass is 10.1. The first-order valence-corrected chi connectivity index (χ1v) is 9.33. The Labute approximate surface area is 158 Å². The Bertz CT molecular complexity index is 856. The van der Waals surface area contributed by atoms with Gasteiger partial charge in [-0.3, -0.25) is 14.5 Å². The normalized spacial score (nSPS) is 16.0. The van der Waals surface area contributed by atoms with Crippen LogP contribution in [0.1, 0.15) is 33.1 Å². The van der Waals surface area contributed by atoms with Gasteiger partial charge in [-0.05, 0) is 44.2 Å². The van der Waals surface area contributed by atoms with Gasteiger partial charge in [-0.25, -0.2) is 4.79 Å². The van der Waals surface area contributed by atoms with E-state index in [9.17, 15) is 14.4 Å². The standard InChI is InChI=1S/C20H26N4O3/c1-20(2)18(26)24(19(27)22-20)13-5-9-17(25)21-11-6-12-23-14-10-15-7-3-4-8-16(15)23/h3-4,7-8,10,14H,5-6,9,11-13H2,1-2H3,(H,21,25)(H,22,27). The van der Waals surface area contributed by atoms with Gasteiger partial charge >= 0.3 is 6.03 Å². The SMILES string of the molecule is CC1(C)NC(=O)N(CCCC(=O)NCCCn2ccc3ccccc32)C1=O. The lowest BCUT2D eigenvalue weighted by Gasteiger charge is -2.15. The Hall–Kier alpha value is -2.83. The fourth-order valence-corrected chi connectivity index (χ4v) is 3.32. The van der Waals surface area contributed by atoms with Crippen molar-refractivity contribution in [3.05, 3.63) is 36.5 Å². The molecule has 1 aromatic heterocycles. The molecule has 0 bridgehead atoms. The lowest BCUT2D eigenvalue weighted by molar-refractivity contribution is -0.130. The molecule has 1 aromatic carbocycles. The number of urea groups is 1. The van der Waals surface area contributed by atoms with Crippen LogP contribution in [0.5, 0.6) is 0 Å². The maximum Gasteiger partial charge on any atom is 0.325 e. The van der Waals surface area contributed by atoms with Crippen LogP contribution in [-0.2, 0) is 16.1 Å². The van der Waals surface area contributed by atoms with Crippen LogP contribution in [0.4, 0.5) is 4.79 Å². The monoisotopic (exact) mass is 370 g/mol. The number of imide groups is 1. The summed E-state index contributed by atoms with van der Waals surface area (Å²) in [6, 6.07) is 9.92. The number of para-hydroxylation sites is 1. The highest BCUT2D eigenvalue weighted by atomic mass is 16.2. The molecule has 2 heterocycles. The van der Waals surface area contributed by atoms with Crippen molar-refractivity contribution in [2.24, 2.45) is 0 Å². The van der Waals surface area contributed by atoms with Crippen molar-refractivity contribution < 1.29 is 14.4 Å². The van der Waals surface area contributed by atoms with E-state index in [1.54, 1.807) is 13.8 Å². The third-order valence-electron chi connectivity index (χ3n) is 4.81. The molecule has 2 aromatic rings. The summed E-state index contributed by atoms with van der Waals surface area (Å²) in [5.74, 6) is -0.300. The molecule has 0 atom stereocenters. The van der Waals surface area contributed by atoms with Gasteiger partial charge in [0.15, 0.2) is 0 Å². The summed E-state index contributed by atoms with van der Waals surface area (Å²) in [4.78, 5) is 37.0. The number of fused-ring (bicyclic) bond motifs is 1. The van der Waals surface area contributed by atoms with E-state index in [4.69, 9.17) is 0 Å². The summed E-state index contributed by atoms with van der Waals surface area (Å²) in [5.41, 5.74) is 0.336. The van der Waals surface area contributed by atoms with E-state index in [-0.39, 0.29) is 24.4 Å². The third kappa shape index (κ3) is 4.30. The average Bonchev–Trinajstić information content (AvgIpc) is 3.12. The molecule has 0 radical (unpaired) electrons. The second-order valence-corrected chi connectivity index (χ2v) is 7.39. The minimum atomic E-state index is -0.859. The quantitative estimate of drug-likeness (QED) is 0.552. The molecule has 0 saturated carbocycles. The van der Waals surface area contributed by atoms with Gasteiger partial charge in [-0.2, -0.15) is 0 Å². The third-order valence-corrected chi connectivity index (χ3v) is 4.81. The highest BCUT2D eigenvalue weighted by Crippen LogP contribution is 2.17. The molecule has 0 spiro atoms. The summed E-state index contributed by atoms with van der Waals surface area (Å²) < 4.78 is 2.18. The van der Waals surface area contributed by atoms with Crippen molar-refractivity contribution in [1.29, 1.82) is 0 Å². The molecule has 0 aliphatic carbocycles. The van der Waals surface area contributed by atoms with E-state index in [1.165, 1.54) is 15.8 Å². The molecular formula is C20H26N4O3. The van der Waals surface area contributed by atoms with Gasteiger partial charge < -0.3 is 15.2 Å². The van der Waals surface area contributed by atoms with Gasteiger partial charge in [-0.1, -0.05) is 18.2 Å². The van der Waals surface area contributed by atoms with Gasteiger partial charge in [0, 0.05) is 37.8 Å². The van der Waals surface area contributed by atoms with Crippen LogP contribution < -0.4 is 10.6 Å². The summed E-state index contributed by atoms with van der Waals surface area (Å²) in [6.07, 6.45) is 3.66. The topological polar surface area (TPSA) is 83.4 Å². The maximum absolute atomic E-state index is 12.1. The van der Waals surface area contributed by atoms with Gasteiger partial charge in [0.05, 0.1) is 0 Å². The van der Waals surface area contributed by atoms with E-state index < -0.39 is 5.54 Å². The van der Waals surface area contributed by atoms with Gasteiger partial charge in [0.2, 0.25) is 5.91 Å². The zero-order chi connectivity index (χ0) is 19.4. The number of benzene rings is 1. The van der Waals surface area contributed by atoms with Gasteiger partial charge in [-0.15, -0.1) is 0 Å². The highest BCUT2D eigenvalue weighted by Gasteiger charge is 2.43. The molecule has 3 rings (SSSR count). The first-order chi connectivity index (χ1) is 12.9. The number of hydrogen-bond acceptors (Lipinski definition) is 3. The molecule has 7 nitrogen and oxygen atoms in total. The van der Waals surface area contributed by atoms with Crippen LogP contribution >= 0.6 is 0 Å². The molecule has 2 N–H and O–H groups in total. The van der Waals surface area contributed by atoms with Crippen molar-refractivity contribution in [1.82, 2.24) is 20.1 Å². The molecular weight excluding hydrogens is 344 g/mol. The fraction of sp³-hybridized carbons (Fsp3) is 0.450. The largest absolute Gasteiger partial charge is 0.356 e. The summed E-state index contributed by atoms with van der Waals surface area (Å²) in [6.45, 7) is 5.05. The second-order valence-electron chi connectivity index (χ2n) is 7.39. The zero-order valence-electron chi connectivity index (χ0n) is 15.8. The van der Waals surface area contributed by atoms with Crippen molar-refractivity contribution >= 4 is 28.7 Å². The number of carbonyl (C=O) groups is 3. The average molecular weight is 370 g/mol. The van der Waals surface area contributed by atoms with Crippen LogP contribution in [0.25, 0.3) is 10.9 Å². The van der Waals surface area contributed by atoms with E-state index in [2.05, 4.69) is 39.6 Å². The van der Waals surface area contributed by atoms with Crippen LogP contribution in [0.15, 0.2) is 36.5 Å². The Morgan fingerprint density at radius 1 is 1.11 bits per heavy atom. The maximum atomic E-state index is 12.1. The van der Waals surface area contributed by atoms with Crippen molar-refractivity contribution in [2.75, 3.05) is 13.1 Å². The van der Waals surface area contributed by atoms with Crippen LogP contribution in [0.2, 0.25) is 0 Å². The molecule has 1 aliphatic rings. The number of carbonyl (C=O) groups excluding carboxylic acids is 3. The number of aromatic nitrogens is 1. The van der Waals surface area contributed by atoms with E-state index >= 15 is 0 Å². The molecule has 27 heavy (non-hydrogen) atoms. The van der Waals surface area contributed by atoms with Crippen LogP contribution in [-0.4, -0.2) is 45.9 Å². The fourth-order valence-electron chi connectivity index (χ4n) is 3.32. The van der Waals surface area contributed by atoms with Crippen molar-refractivity contribution in [3.8, 4) is 0 Å². The van der Waals surface area contributed by atoms with Crippen molar-refractivity contribution in [2.45, 2.75) is 45.2 Å². The summed E-state index contributed by atoms with van der Waals surface area (Å²) in [5, 5.41) is 6.75. The Morgan fingerprint density at radius 2 is 1.89 bits per heavy atom. The molecule has 144 valence electrons. The molecule has 1 fully saturated rings. The first kappa shape index (κ1) is 18.9. The second kappa shape index (κ2) is 7.82. The smallest absolute Gasteiger partial charge is 0.325 e. The Balaban J connectivity index is 1.34. The molecule has 7 heteroatoms. The molecule has 4 amide bonds. The van der Waals surface area contributed by atoms with Gasteiger partial charge in [0.1, 0.15) is 5.54 Å². The number of hydrogen-bond donors (Lipinski definition) is 2. The molecule has 1 aliphatic heterocycles. The molecule has 0 unspecified atom stereocenters. The van der Waals surface area contributed by atoms with E-state index in [1.807, 2.05) is 12.1 Å². The predicted octanol–water partition coefficient (Wildman–Crippen LogP) is 2.26. The Morgan fingerprint density at radius 3 is 2.63 bits per heavy atom.